The van der Waals surface area contributed by atoms with E-state index < -0.39 is 18.1 Å². The molecule has 0 aromatic heterocycles. The Morgan fingerprint density at radius 2 is 1.95 bits per heavy atom. The highest BCUT2D eigenvalue weighted by Crippen LogP contribution is 2.21. The maximum atomic E-state index is 10.9. The fraction of sp³-hybridized carbons (Fsp3) is 0.500. The monoisotopic (exact) mass is 283 g/mol. The zero-order valence-electron chi connectivity index (χ0n) is 11.7. The van der Waals surface area contributed by atoms with Crippen LogP contribution < -0.4 is 10.1 Å². The summed E-state index contributed by atoms with van der Waals surface area (Å²) in [6, 6.07) is 6.32. The number of carbonyl (C=O) groups is 1. The van der Waals surface area contributed by atoms with E-state index in [2.05, 4.69) is 5.32 Å². The highest BCUT2D eigenvalue weighted by Gasteiger charge is 2.23. The number of nitrogens with one attached hydrogen (secondary N) is 1. The summed E-state index contributed by atoms with van der Waals surface area (Å²) < 4.78 is 9.95. The van der Waals surface area contributed by atoms with Gasteiger partial charge in [0.2, 0.25) is 0 Å². The third kappa shape index (κ3) is 5.16. The average Bonchev–Trinajstić information content (AvgIpc) is 2.45. The number of methoxy groups -OCH3 is 2. The fourth-order valence-corrected chi connectivity index (χ4v) is 1.86. The third-order valence-electron chi connectivity index (χ3n) is 2.95. The molecule has 2 atom stereocenters. The van der Waals surface area contributed by atoms with Gasteiger partial charge >= 0.3 is 5.97 Å². The number of hydrogen-bond donors (Lipinski definition) is 3. The summed E-state index contributed by atoms with van der Waals surface area (Å²) in [5.74, 6) is -0.282. The SMILES string of the molecule is COCCNC(CC(=O)O)C(O)c1ccc(OC)cc1. The van der Waals surface area contributed by atoms with Gasteiger partial charge < -0.3 is 25.0 Å². The lowest BCUT2D eigenvalue weighted by Crippen LogP contribution is -2.38. The van der Waals surface area contributed by atoms with Crippen molar-refractivity contribution in [2.45, 2.75) is 18.6 Å². The molecule has 0 bridgehead atoms. The summed E-state index contributed by atoms with van der Waals surface area (Å²) in [4.78, 5) is 10.9. The van der Waals surface area contributed by atoms with Crippen LogP contribution in [0.3, 0.4) is 0 Å². The molecule has 0 aliphatic heterocycles. The van der Waals surface area contributed by atoms with Crippen molar-refractivity contribution >= 4 is 5.97 Å². The number of carboxylic acid groups (broad SMARTS) is 1. The van der Waals surface area contributed by atoms with Crippen LogP contribution in [-0.2, 0) is 9.53 Å². The van der Waals surface area contributed by atoms with E-state index in [0.717, 1.165) is 0 Å². The Bertz CT molecular complexity index is 407. The summed E-state index contributed by atoms with van der Waals surface area (Å²) in [6.07, 6.45) is -1.08. The molecule has 0 aliphatic rings. The molecule has 0 amide bonds. The quantitative estimate of drug-likeness (QED) is 0.581. The van der Waals surface area contributed by atoms with E-state index in [0.29, 0.717) is 24.5 Å². The first-order chi connectivity index (χ1) is 9.58. The Kier molecular flexibility index (Phi) is 7.00. The lowest BCUT2D eigenvalue weighted by Gasteiger charge is -2.23. The first-order valence-electron chi connectivity index (χ1n) is 6.34. The summed E-state index contributed by atoms with van der Waals surface area (Å²) in [7, 11) is 3.12. The Morgan fingerprint density at radius 3 is 2.45 bits per heavy atom. The summed E-state index contributed by atoms with van der Waals surface area (Å²) in [5, 5.41) is 22.2. The number of benzene rings is 1. The molecule has 0 saturated heterocycles. The summed E-state index contributed by atoms with van der Waals surface area (Å²) in [5.41, 5.74) is 0.641. The molecule has 0 heterocycles. The second kappa shape index (κ2) is 8.52. The number of ether oxygens (including phenoxy) is 2. The van der Waals surface area contributed by atoms with Gasteiger partial charge in [-0.2, -0.15) is 0 Å². The van der Waals surface area contributed by atoms with Crippen molar-refractivity contribution in [3.05, 3.63) is 29.8 Å². The largest absolute Gasteiger partial charge is 0.497 e. The van der Waals surface area contributed by atoms with E-state index in [1.165, 1.54) is 0 Å². The van der Waals surface area contributed by atoms with E-state index in [-0.39, 0.29) is 6.42 Å². The highest BCUT2D eigenvalue weighted by atomic mass is 16.5. The predicted molar refractivity (Wildman–Crippen MR) is 73.9 cm³/mol. The highest BCUT2D eigenvalue weighted by molar-refractivity contribution is 5.67. The molecule has 6 heteroatoms. The predicted octanol–water partition coefficient (Wildman–Crippen LogP) is 0.808. The molecule has 0 saturated carbocycles. The van der Waals surface area contributed by atoms with E-state index in [4.69, 9.17) is 14.6 Å². The molecule has 0 spiro atoms. The van der Waals surface area contributed by atoms with Gasteiger partial charge in [0.1, 0.15) is 5.75 Å². The lowest BCUT2D eigenvalue weighted by atomic mass is 9.99. The summed E-state index contributed by atoms with van der Waals surface area (Å²) in [6.45, 7) is 0.924. The molecule has 0 aliphatic carbocycles. The summed E-state index contributed by atoms with van der Waals surface area (Å²) >= 11 is 0. The van der Waals surface area contributed by atoms with Crippen molar-refractivity contribution in [2.75, 3.05) is 27.4 Å². The molecule has 1 aromatic carbocycles. The molecule has 1 aromatic rings. The van der Waals surface area contributed by atoms with Crippen molar-refractivity contribution in [3.63, 3.8) is 0 Å². The van der Waals surface area contributed by atoms with Crippen molar-refractivity contribution < 1.29 is 24.5 Å². The van der Waals surface area contributed by atoms with Crippen molar-refractivity contribution in [2.24, 2.45) is 0 Å². The van der Waals surface area contributed by atoms with Crippen LogP contribution in [-0.4, -0.2) is 49.6 Å². The van der Waals surface area contributed by atoms with Crippen LogP contribution in [0.1, 0.15) is 18.1 Å². The second-order valence-corrected chi connectivity index (χ2v) is 4.37. The number of aliphatic hydroxyl groups is 1. The van der Waals surface area contributed by atoms with Crippen molar-refractivity contribution in [1.82, 2.24) is 5.32 Å². The van der Waals surface area contributed by atoms with Crippen LogP contribution in [0.4, 0.5) is 0 Å². The van der Waals surface area contributed by atoms with Crippen LogP contribution in [0.15, 0.2) is 24.3 Å². The molecule has 112 valence electrons. The van der Waals surface area contributed by atoms with Gasteiger partial charge in [0.05, 0.1) is 26.2 Å². The van der Waals surface area contributed by atoms with Crippen molar-refractivity contribution in [3.8, 4) is 5.75 Å². The minimum atomic E-state index is -0.965. The number of aliphatic hydroxyl groups excluding tert-OH is 1. The first-order valence-corrected chi connectivity index (χ1v) is 6.34. The van der Waals surface area contributed by atoms with Gasteiger partial charge in [0, 0.05) is 19.7 Å². The van der Waals surface area contributed by atoms with Gasteiger partial charge in [0.25, 0.3) is 0 Å². The molecule has 6 nitrogen and oxygen atoms in total. The number of carboxylic acids is 1. The molecule has 20 heavy (non-hydrogen) atoms. The van der Waals surface area contributed by atoms with Crippen LogP contribution in [0.5, 0.6) is 5.75 Å². The van der Waals surface area contributed by atoms with Gasteiger partial charge in [-0.05, 0) is 17.7 Å². The number of hydrogen-bond acceptors (Lipinski definition) is 5. The van der Waals surface area contributed by atoms with Gasteiger partial charge in [0.15, 0.2) is 0 Å². The van der Waals surface area contributed by atoms with E-state index in [1.807, 2.05) is 0 Å². The Balaban J connectivity index is 2.73. The first kappa shape index (κ1) is 16.4. The zero-order chi connectivity index (χ0) is 15.0. The molecule has 0 radical (unpaired) electrons. The Labute approximate surface area is 118 Å². The zero-order valence-corrected chi connectivity index (χ0v) is 11.7. The smallest absolute Gasteiger partial charge is 0.305 e. The fourth-order valence-electron chi connectivity index (χ4n) is 1.86. The normalized spacial score (nSPS) is 13.8. The minimum absolute atomic E-state index is 0.170. The standard InChI is InChI=1S/C14H21NO5/c1-19-8-7-15-12(9-13(16)17)14(18)10-3-5-11(20-2)6-4-10/h3-6,12,14-15,18H,7-9H2,1-2H3,(H,16,17). The number of rotatable bonds is 9. The topological polar surface area (TPSA) is 88.0 Å². The van der Waals surface area contributed by atoms with Gasteiger partial charge in [-0.15, -0.1) is 0 Å². The minimum Gasteiger partial charge on any atom is -0.497 e. The van der Waals surface area contributed by atoms with Crippen LogP contribution in [0.2, 0.25) is 0 Å². The molecule has 1 rings (SSSR count). The third-order valence-corrected chi connectivity index (χ3v) is 2.95. The molecular weight excluding hydrogens is 262 g/mol. The van der Waals surface area contributed by atoms with Gasteiger partial charge in [-0.3, -0.25) is 4.79 Å². The van der Waals surface area contributed by atoms with Crippen LogP contribution >= 0.6 is 0 Å². The van der Waals surface area contributed by atoms with Gasteiger partial charge in [-0.25, -0.2) is 0 Å². The van der Waals surface area contributed by atoms with Gasteiger partial charge in [-0.1, -0.05) is 12.1 Å². The Morgan fingerprint density at radius 1 is 1.30 bits per heavy atom. The maximum Gasteiger partial charge on any atom is 0.305 e. The second-order valence-electron chi connectivity index (χ2n) is 4.37. The molecule has 2 unspecified atom stereocenters. The maximum absolute atomic E-state index is 10.9. The molecule has 3 N–H and O–H groups in total. The number of aliphatic carboxylic acids is 1. The Hall–Kier alpha value is -1.63. The van der Waals surface area contributed by atoms with E-state index >= 15 is 0 Å². The average molecular weight is 283 g/mol. The lowest BCUT2D eigenvalue weighted by molar-refractivity contribution is -0.138. The van der Waals surface area contributed by atoms with Crippen molar-refractivity contribution in [1.29, 1.82) is 0 Å². The molecule has 0 fully saturated rings. The van der Waals surface area contributed by atoms with E-state index in [1.54, 1.807) is 38.5 Å². The molecular formula is C14H21NO5. The van der Waals surface area contributed by atoms with E-state index in [9.17, 15) is 9.90 Å². The van der Waals surface area contributed by atoms with Crippen LogP contribution in [0, 0.1) is 0 Å². The van der Waals surface area contributed by atoms with Crippen LogP contribution in [0.25, 0.3) is 0 Å².